The van der Waals surface area contributed by atoms with Gasteiger partial charge in [-0.15, -0.1) is 11.3 Å². The predicted octanol–water partition coefficient (Wildman–Crippen LogP) is 2.54. The quantitative estimate of drug-likeness (QED) is 0.768. The van der Waals surface area contributed by atoms with Crippen molar-refractivity contribution in [2.24, 2.45) is 0 Å². The van der Waals surface area contributed by atoms with Crippen molar-refractivity contribution in [3.8, 4) is 11.8 Å². The van der Waals surface area contributed by atoms with Crippen LogP contribution in [0.4, 0.5) is 13.2 Å². The van der Waals surface area contributed by atoms with Crippen molar-refractivity contribution in [3.05, 3.63) is 15.8 Å². The lowest BCUT2D eigenvalue weighted by molar-refractivity contribution is -0.134. The molecule has 1 aromatic heterocycles. The summed E-state index contributed by atoms with van der Waals surface area (Å²) in [5, 5.41) is 17.2. The zero-order chi connectivity index (χ0) is 10.1. The maximum atomic E-state index is 12.0. The van der Waals surface area contributed by atoms with Crippen molar-refractivity contribution >= 4 is 11.3 Å². The highest BCUT2D eigenvalue weighted by Gasteiger charge is 2.33. The van der Waals surface area contributed by atoms with Gasteiger partial charge in [0.25, 0.3) is 0 Å². The van der Waals surface area contributed by atoms with Crippen LogP contribution in [0, 0.1) is 11.3 Å². The maximum Gasteiger partial charge on any atom is 0.425 e. The molecule has 0 atom stereocenters. The van der Waals surface area contributed by atoms with E-state index in [4.69, 9.17) is 10.4 Å². The molecule has 0 aromatic carbocycles. The number of aromatic hydroxyl groups is 1. The molecule has 70 valence electrons. The van der Waals surface area contributed by atoms with E-state index in [1.807, 2.05) is 0 Å². The molecule has 1 N–H and O–H groups in total. The normalized spacial score (nSPS) is 11.2. The molecule has 0 aliphatic carbocycles. The van der Waals surface area contributed by atoms with Crippen LogP contribution in [0.1, 0.15) is 9.75 Å². The number of hydrogen-bond acceptors (Lipinski definition) is 3. The second-order valence-electron chi connectivity index (χ2n) is 2.25. The van der Waals surface area contributed by atoms with Crippen LogP contribution in [0.2, 0.25) is 0 Å². The van der Waals surface area contributed by atoms with E-state index < -0.39 is 16.8 Å². The summed E-state index contributed by atoms with van der Waals surface area (Å²) >= 11 is 0.394. The van der Waals surface area contributed by atoms with E-state index in [0.29, 0.717) is 17.4 Å². The Labute approximate surface area is 75.9 Å². The van der Waals surface area contributed by atoms with Gasteiger partial charge in [-0.3, -0.25) is 0 Å². The van der Waals surface area contributed by atoms with Gasteiger partial charge in [0.2, 0.25) is 0 Å². The summed E-state index contributed by atoms with van der Waals surface area (Å²) in [4.78, 5) is -0.829. The first-order valence-electron chi connectivity index (χ1n) is 3.21. The third-order valence-corrected chi connectivity index (χ3v) is 2.47. The highest BCUT2D eigenvalue weighted by atomic mass is 32.1. The third kappa shape index (κ3) is 2.12. The summed E-state index contributed by atoms with van der Waals surface area (Å²) in [6.45, 7) is 0. The van der Waals surface area contributed by atoms with Crippen molar-refractivity contribution in [3.63, 3.8) is 0 Å². The van der Waals surface area contributed by atoms with E-state index in [1.54, 1.807) is 6.07 Å². The van der Waals surface area contributed by atoms with E-state index in [9.17, 15) is 13.2 Å². The van der Waals surface area contributed by atoms with Gasteiger partial charge < -0.3 is 5.11 Å². The SMILES string of the molecule is N#CCc1sc(C(F)(F)F)cc1O. The minimum Gasteiger partial charge on any atom is -0.507 e. The Kier molecular flexibility index (Phi) is 2.48. The molecular formula is C7H4F3NOS. The number of nitriles is 1. The van der Waals surface area contributed by atoms with Gasteiger partial charge in [-0.25, -0.2) is 0 Å². The van der Waals surface area contributed by atoms with Crippen molar-refractivity contribution in [2.45, 2.75) is 12.6 Å². The lowest BCUT2D eigenvalue weighted by atomic mass is 10.3. The highest BCUT2D eigenvalue weighted by Crippen LogP contribution is 2.39. The first-order valence-corrected chi connectivity index (χ1v) is 4.02. The van der Waals surface area contributed by atoms with Crippen molar-refractivity contribution in [1.82, 2.24) is 0 Å². The second kappa shape index (κ2) is 3.26. The van der Waals surface area contributed by atoms with Crippen LogP contribution >= 0.6 is 11.3 Å². The number of alkyl halides is 3. The monoisotopic (exact) mass is 207 g/mol. The van der Waals surface area contributed by atoms with Crippen molar-refractivity contribution in [1.29, 1.82) is 5.26 Å². The molecule has 0 aliphatic heterocycles. The highest BCUT2D eigenvalue weighted by molar-refractivity contribution is 7.12. The predicted molar refractivity (Wildman–Crippen MR) is 40.3 cm³/mol. The molecule has 2 nitrogen and oxygen atoms in total. The Morgan fingerprint density at radius 3 is 2.54 bits per heavy atom. The third-order valence-electron chi connectivity index (χ3n) is 1.31. The van der Waals surface area contributed by atoms with E-state index in [1.165, 1.54) is 0 Å². The van der Waals surface area contributed by atoms with Crippen LogP contribution in [0.5, 0.6) is 5.75 Å². The number of rotatable bonds is 1. The van der Waals surface area contributed by atoms with Crippen LogP contribution < -0.4 is 0 Å². The summed E-state index contributed by atoms with van der Waals surface area (Å²) in [7, 11) is 0. The Bertz CT molecular complexity index is 350. The molecule has 0 fully saturated rings. The topological polar surface area (TPSA) is 44.0 Å². The molecule has 0 amide bonds. The Morgan fingerprint density at radius 1 is 1.54 bits per heavy atom. The molecule has 0 saturated heterocycles. The lowest BCUT2D eigenvalue weighted by Crippen LogP contribution is -2.00. The Balaban J connectivity index is 3.04. The van der Waals surface area contributed by atoms with Crippen LogP contribution in [0.3, 0.4) is 0 Å². The van der Waals surface area contributed by atoms with Gasteiger partial charge in [-0.2, -0.15) is 18.4 Å². The minimum atomic E-state index is -4.45. The van der Waals surface area contributed by atoms with Crippen LogP contribution in [-0.2, 0) is 12.6 Å². The summed E-state index contributed by atoms with van der Waals surface area (Å²) < 4.78 is 36.1. The van der Waals surface area contributed by atoms with E-state index in [0.717, 1.165) is 0 Å². The fourth-order valence-electron chi connectivity index (χ4n) is 0.757. The molecule has 6 heteroatoms. The molecule has 0 aliphatic rings. The smallest absolute Gasteiger partial charge is 0.425 e. The number of hydrogen-bond donors (Lipinski definition) is 1. The Hall–Kier alpha value is -1.22. The standard InChI is InChI=1S/C7H4F3NOS/c8-7(9,10)6-3-4(12)5(13-6)1-2-11/h3,12H,1H2. The molecule has 1 heterocycles. The molecular weight excluding hydrogens is 203 g/mol. The number of thiophene rings is 1. The van der Waals surface area contributed by atoms with Crippen LogP contribution in [0.25, 0.3) is 0 Å². The first-order chi connectivity index (χ1) is 5.95. The fraction of sp³-hybridized carbons (Fsp3) is 0.286. The first kappa shape index (κ1) is 9.86. The summed E-state index contributed by atoms with van der Waals surface area (Å²) in [5.74, 6) is -0.459. The van der Waals surface area contributed by atoms with Crippen molar-refractivity contribution < 1.29 is 18.3 Å². The number of halogens is 3. The summed E-state index contributed by atoms with van der Waals surface area (Å²) in [6.07, 6.45) is -4.65. The number of nitrogens with zero attached hydrogens (tertiary/aromatic N) is 1. The average Bonchev–Trinajstić information content (AvgIpc) is 2.32. The van der Waals surface area contributed by atoms with Gasteiger partial charge >= 0.3 is 6.18 Å². The van der Waals surface area contributed by atoms with Crippen LogP contribution in [-0.4, -0.2) is 5.11 Å². The molecule has 0 saturated carbocycles. The summed E-state index contributed by atoms with van der Waals surface area (Å²) in [5.41, 5.74) is 0. The molecule has 0 unspecified atom stereocenters. The lowest BCUT2D eigenvalue weighted by Gasteiger charge is -1.99. The minimum absolute atomic E-state index is 0.0508. The molecule has 0 spiro atoms. The van der Waals surface area contributed by atoms with E-state index in [2.05, 4.69) is 0 Å². The summed E-state index contributed by atoms with van der Waals surface area (Å²) in [6, 6.07) is 2.31. The molecule has 13 heavy (non-hydrogen) atoms. The largest absolute Gasteiger partial charge is 0.507 e. The molecule has 0 radical (unpaired) electrons. The fourth-order valence-corrected chi connectivity index (χ4v) is 1.61. The van der Waals surface area contributed by atoms with Gasteiger partial charge in [-0.05, 0) is 0 Å². The second-order valence-corrected chi connectivity index (χ2v) is 3.39. The molecule has 1 rings (SSSR count). The van der Waals surface area contributed by atoms with Crippen LogP contribution in [0.15, 0.2) is 6.07 Å². The zero-order valence-corrected chi connectivity index (χ0v) is 7.04. The van der Waals surface area contributed by atoms with E-state index >= 15 is 0 Å². The van der Waals surface area contributed by atoms with Gasteiger partial charge in [0.1, 0.15) is 10.6 Å². The van der Waals surface area contributed by atoms with E-state index in [-0.39, 0.29) is 11.3 Å². The van der Waals surface area contributed by atoms with Gasteiger partial charge in [-0.1, -0.05) is 0 Å². The van der Waals surface area contributed by atoms with Gasteiger partial charge in [0.15, 0.2) is 0 Å². The molecule has 0 bridgehead atoms. The average molecular weight is 207 g/mol. The van der Waals surface area contributed by atoms with Crippen molar-refractivity contribution in [2.75, 3.05) is 0 Å². The molecule has 1 aromatic rings. The van der Waals surface area contributed by atoms with Gasteiger partial charge in [0.05, 0.1) is 17.4 Å². The zero-order valence-electron chi connectivity index (χ0n) is 6.22. The maximum absolute atomic E-state index is 12.0. The Morgan fingerprint density at radius 2 is 2.15 bits per heavy atom. The van der Waals surface area contributed by atoms with Gasteiger partial charge in [0, 0.05) is 6.07 Å².